The molecule has 1 aromatic carbocycles. The van der Waals surface area contributed by atoms with Crippen LogP contribution in [0.15, 0.2) is 29.2 Å². The van der Waals surface area contributed by atoms with Crippen LogP contribution in [0.5, 0.6) is 0 Å². The van der Waals surface area contributed by atoms with Gasteiger partial charge in [0.05, 0.1) is 4.90 Å². The van der Waals surface area contributed by atoms with Crippen LogP contribution in [-0.2, 0) is 29.9 Å². The number of aryl methyl sites for hydroxylation is 1. The normalized spacial score (nSPS) is 10.0. The third kappa shape index (κ3) is 4.28. The fourth-order valence-corrected chi connectivity index (χ4v) is 1.17. The molecule has 0 heterocycles. The van der Waals surface area contributed by atoms with Crippen LogP contribution in [0, 0.1) is 6.92 Å². The summed E-state index contributed by atoms with van der Waals surface area (Å²) in [7, 11) is -4.27. The molecule has 73 valence electrons. The van der Waals surface area contributed by atoms with Crippen molar-refractivity contribution in [2.24, 2.45) is 0 Å². The first-order valence-corrected chi connectivity index (χ1v) is 5.03. The first-order chi connectivity index (χ1) is 6.00. The van der Waals surface area contributed by atoms with Crippen LogP contribution in [0.2, 0.25) is 0 Å². The van der Waals surface area contributed by atoms with E-state index in [0.29, 0.717) is 0 Å². The van der Waals surface area contributed by atoms with Crippen molar-refractivity contribution >= 4 is 10.1 Å². The first kappa shape index (κ1) is 12.4. The van der Waals surface area contributed by atoms with Gasteiger partial charge in [-0.05, 0) is 19.1 Å². The van der Waals surface area contributed by atoms with Crippen molar-refractivity contribution < 1.29 is 32.7 Å². The van der Waals surface area contributed by atoms with E-state index in [2.05, 4.69) is 0 Å². The predicted molar refractivity (Wildman–Crippen MR) is 39.8 cm³/mol. The monoisotopic (exact) mass is 243 g/mol. The van der Waals surface area contributed by atoms with Crippen molar-refractivity contribution in [3.63, 3.8) is 0 Å². The molecule has 0 unspecified atom stereocenters. The van der Waals surface area contributed by atoms with Crippen LogP contribution in [0.1, 0.15) is 5.56 Å². The number of rotatable bonds is 1. The second-order valence-corrected chi connectivity index (χ2v) is 3.65. The Balaban J connectivity index is 0.000000671. The van der Waals surface area contributed by atoms with Crippen molar-refractivity contribution in [2.75, 3.05) is 0 Å². The third-order valence-corrected chi connectivity index (χ3v) is 2.16. The molecule has 0 radical (unpaired) electrons. The Morgan fingerprint density at radius 3 is 1.85 bits per heavy atom. The van der Waals surface area contributed by atoms with Crippen LogP contribution in [0.4, 0.5) is 0 Å². The zero-order valence-electron chi connectivity index (χ0n) is 6.70. The average Bonchev–Trinajstić information content (AvgIpc) is 2.07. The van der Waals surface area contributed by atoms with Crippen molar-refractivity contribution in [2.45, 2.75) is 11.8 Å². The second kappa shape index (κ2) is 5.24. The molecule has 0 saturated carbocycles. The second-order valence-electron chi connectivity index (χ2n) is 2.27. The van der Waals surface area contributed by atoms with E-state index in [1.54, 1.807) is 12.1 Å². The van der Waals surface area contributed by atoms with E-state index >= 15 is 0 Å². The zero-order valence-corrected chi connectivity index (χ0v) is 8.62. The Hall–Kier alpha value is -0.551. The molecule has 1 rings (SSSR count). The van der Waals surface area contributed by atoms with Crippen molar-refractivity contribution in [3.8, 4) is 0 Å². The zero-order chi connectivity index (χ0) is 10.5. The van der Waals surface area contributed by atoms with Crippen molar-refractivity contribution in [1.29, 1.82) is 0 Å². The molecule has 0 saturated heterocycles. The summed E-state index contributed by atoms with van der Waals surface area (Å²) in [6.45, 7) is 1.82. The molecule has 13 heavy (non-hydrogen) atoms. The van der Waals surface area contributed by atoms with Gasteiger partial charge in [0.25, 0.3) is 0 Å². The summed E-state index contributed by atoms with van der Waals surface area (Å²) in [4.78, 5) is -0.178. The standard InChI is InChI=1S/C7H8O3S.Fe.O/c1-6-2-4-7(5-3-6)11(8,9)10;;/h2-5H,1H3,(H,8,9,10);;/q;+1;/p-1. The van der Waals surface area contributed by atoms with Gasteiger partial charge in [0, 0.05) is 0 Å². The minimum absolute atomic E-state index is 0.178. The molecule has 0 bridgehead atoms. The molecule has 1 aromatic rings. The molecular weight excluding hydrogens is 236 g/mol. The van der Waals surface area contributed by atoms with E-state index < -0.39 is 10.1 Å². The SMILES string of the molecule is Cc1ccc(S(=O)(=O)[O-])cc1.[O]=[Fe+]. The van der Waals surface area contributed by atoms with E-state index in [1.807, 2.05) is 22.9 Å². The van der Waals surface area contributed by atoms with E-state index in [0.717, 1.165) is 5.56 Å². The quantitative estimate of drug-likeness (QED) is 0.539. The average molecular weight is 243 g/mol. The molecule has 6 heteroatoms. The molecule has 0 aliphatic carbocycles. The maximum absolute atomic E-state index is 10.4. The molecule has 4 nitrogen and oxygen atoms in total. The van der Waals surface area contributed by atoms with Gasteiger partial charge >= 0.3 is 19.8 Å². The van der Waals surface area contributed by atoms with E-state index in [-0.39, 0.29) is 4.90 Å². The van der Waals surface area contributed by atoms with Gasteiger partial charge in [0.15, 0.2) is 0 Å². The molecule has 0 aromatic heterocycles. The summed E-state index contributed by atoms with van der Waals surface area (Å²) in [6, 6.07) is 5.78. The fourth-order valence-electron chi connectivity index (χ4n) is 0.705. The molecule has 0 aliphatic rings. The first-order valence-electron chi connectivity index (χ1n) is 3.17. The molecule has 0 fully saturated rings. The molecule has 0 atom stereocenters. The van der Waals surface area contributed by atoms with Gasteiger partial charge in [-0.25, -0.2) is 8.42 Å². The number of benzene rings is 1. The van der Waals surface area contributed by atoms with Gasteiger partial charge in [0.1, 0.15) is 10.1 Å². The van der Waals surface area contributed by atoms with Crippen LogP contribution in [0.25, 0.3) is 0 Å². The third-order valence-electron chi connectivity index (χ3n) is 1.31. The van der Waals surface area contributed by atoms with Gasteiger partial charge < -0.3 is 4.55 Å². The molecule has 0 spiro atoms. The Morgan fingerprint density at radius 2 is 1.54 bits per heavy atom. The van der Waals surface area contributed by atoms with Gasteiger partial charge in [-0.3, -0.25) is 0 Å². The summed E-state index contributed by atoms with van der Waals surface area (Å²) < 4.78 is 39.2. The fraction of sp³-hybridized carbons (Fsp3) is 0.143. The van der Waals surface area contributed by atoms with Gasteiger partial charge in [0.2, 0.25) is 0 Å². The van der Waals surface area contributed by atoms with Gasteiger partial charge in [-0.2, -0.15) is 0 Å². The van der Waals surface area contributed by atoms with Crippen LogP contribution in [-0.4, -0.2) is 13.0 Å². The Bertz CT molecular complexity index is 357. The summed E-state index contributed by atoms with van der Waals surface area (Å²) >= 11 is 2.00. The van der Waals surface area contributed by atoms with Gasteiger partial charge in [-0.15, -0.1) is 0 Å². The van der Waals surface area contributed by atoms with E-state index in [9.17, 15) is 13.0 Å². The van der Waals surface area contributed by atoms with Gasteiger partial charge in [-0.1, -0.05) is 17.7 Å². The van der Waals surface area contributed by atoms with Crippen LogP contribution in [0.3, 0.4) is 0 Å². The summed E-state index contributed by atoms with van der Waals surface area (Å²) in [5, 5.41) is 0. The topological polar surface area (TPSA) is 74.3 Å². The van der Waals surface area contributed by atoms with Crippen molar-refractivity contribution in [1.82, 2.24) is 0 Å². The summed E-state index contributed by atoms with van der Waals surface area (Å²) in [6.07, 6.45) is 0. The molecular formula is C7H7FeO4S. The summed E-state index contributed by atoms with van der Waals surface area (Å²) in [5.74, 6) is 0. The van der Waals surface area contributed by atoms with Crippen molar-refractivity contribution in [3.05, 3.63) is 29.8 Å². The minimum atomic E-state index is -4.27. The van der Waals surface area contributed by atoms with Crippen LogP contribution < -0.4 is 0 Å². The Morgan fingerprint density at radius 1 is 1.15 bits per heavy atom. The summed E-state index contributed by atoms with van der Waals surface area (Å²) in [5.41, 5.74) is 0.928. The number of hydrogen-bond donors (Lipinski definition) is 0. The predicted octanol–water partition coefficient (Wildman–Crippen LogP) is 0.778. The molecule has 0 N–H and O–H groups in total. The number of hydrogen-bond acceptors (Lipinski definition) is 4. The van der Waals surface area contributed by atoms with E-state index in [4.69, 9.17) is 3.83 Å². The maximum atomic E-state index is 10.4. The molecule has 0 aliphatic heterocycles. The molecule has 0 amide bonds. The van der Waals surface area contributed by atoms with Crippen LogP contribution >= 0.6 is 0 Å². The van der Waals surface area contributed by atoms with E-state index in [1.165, 1.54) is 12.1 Å². The Kier molecular flexibility index (Phi) is 5.02. The Labute approximate surface area is 84.7 Å².